The van der Waals surface area contributed by atoms with Gasteiger partial charge in [-0.1, -0.05) is 6.92 Å². The normalized spacial score (nSPS) is 28.1. The van der Waals surface area contributed by atoms with Crippen molar-refractivity contribution in [3.8, 4) is 0 Å². The van der Waals surface area contributed by atoms with Crippen LogP contribution >= 0.6 is 0 Å². The molecule has 0 radical (unpaired) electrons. The second-order valence-electron chi connectivity index (χ2n) is 5.54. The summed E-state index contributed by atoms with van der Waals surface area (Å²) in [5.74, 6) is -0.212. The van der Waals surface area contributed by atoms with Gasteiger partial charge in [-0.25, -0.2) is 0 Å². The maximum absolute atomic E-state index is 11.6. The zero-order valence-corrected chi connectivity index (χ0v) is 13.2. The van der Waals surface area contributed by atoms with Crippen LogP contribution in [0, 0.1) is 0 Å². The van der Waals surface area contributed by atoms with Crippen LogP contribution in [-0.2, 0) is 19.0 Å². The summed E-state index contributed by atoms with van der Waals surface area (Å²) in [7, 11) is 1.42. The van der Waals surface area contributed by atoms with E-state index in [0.29, 0.717) is 13.0 Å². The van der Waals surface area contributed by atoms with Gasteiger partial charge in [0.15, 0.2) is 0 Å². The molecule has 0 aliphatic carbocycles. The van der Waals surface area contributed by atoms with E-state index < -0.39 is 0 Å². The second-order valence-corrected chi connectivity index (χ2v) is 5.54. The summed E-state index contributed by atoms with van der Waals surface area (Å²) in [5, 5.41) is 3.20. The molecule has 118 valence electrons. The number of carbonyl (C=O) groups excluding carboxylic acids is 1. The summed E-state index contributed by atoms with van der Waals surface area (Å²) in [6, 6.07) is -0.269. The van der Waals surface area contributed by atoms with E-state index in [1.807, 2.05) is 0 Å². The Labute approximate surface area is 122 Å². The van der Waals surface area contributed by atoms with E-state index in [9.17, 15) is 4.79 Å². The number of esters is 1. The Hall–Kier alpha value is -0.650. The van der Waals surface area contributed by atoms with Crippen molar-refractivity contribution < 1.29 is 19.0 Å². The van der Waals surface area contributed by atoms with Crippen LogP contribution in [0.5, 0.6) is 0 Å². The molecule has 1 aliphatic heterocycles. The van der Waals surface area contributed by atoms with Crippen molar-refractivity contribution >= 4 is 5.97 Å². The number of hydrogen-bond acceptors (Lipinski definition) is 5. The molecular formula is C15H29NO4. The molecule has 0 aromatic heterocycles. The monoisotopic (exact) mass is 287 g/mol. The molecule has 1 fully saturated rings. The molecule has 1 N–H and O–H groups in total. The summed E-state index contributed by atoms with van der Waals surface area (Å²) in [6.07, 6.45) is 4.22. The predicted octanol–water partition coefficient (Wildman–Crippen LogP) is 1.89. The van der Waals surface area contributed by atoms with Crippen molar-refractivity contribution in [2.24, 2.45) is 0 Å². The first-order valence-electron chi connectivity index (χ1n) is 7.65. The fourth-order valence-corrected chi connectivity index (χ4v) is 2.60. The van der Waals surface area contributed by atoms with Crippen molar-refractivity contribution in [2.75, 3.05) is 20.3 Å². The van der Waals surface area contributed by atoms with Crippen LogP contribution < -0.4 is 5.32 Å². The molecule has 0 bridgehead atoms. The van der Waals surface area contributed by atoms with Crippen LogP contribution in [0.3, 0.4) is 0 Å². The van der Waals surface area contributed by atoms with Gasteiger partial charge in [-0.3, -0.25) is 4.79 Å². The minimum absolute atomic E-state index is 0.212. The van der Waals surface area contributed by atoms with E-state index in [1.165, 1.54) is 7.11 Å². The Bertz CT molecular complexity index is 275. The lowest BCUT2D eigenvalue weighted by Crippen LogP contribution is -2.40. The molecule has 5 heteroatoms. The summed E-state index contributed by atoms with van der Waals surface area (Å²) >= 11 is 0. The largest absolute Gasteiger partial charge is 0.468 e. The first kappa shape index (κ1) is 17.4. The Balaban J connectivity index is 2.30. The van der Waals surface area contributed by atoms with Crippen LogP contribution in [0.4, 0.5) is 0 Å². The van der Waals surface area contributed by atoms with Gasteiger partial charge in [-0.05, 0) is 46.1 Å². The molecule has 0 aromatic carbocycles. The van der Waals surface area contributed by atoms with Gasteiger partial charge < -0.3 is 19.5 Å². The van der Waals surface area contributed by atoms with Gasteiger partial charge in [0.25, 0.3) is 0 Å². The molecule has 0 spiro atoms. The second kappa shape index (κ2) is 9.32. The lowest BCUT2D eigenvalue weighted by molar-refractivity contribution is -0.144. The van der Waals surface area contributed by atoms with Crippen molar-refractivity contribution in [1.82, 2.24) is 5.32 Å². The number of ether oxygens (including phenoxy) is 3. The highest BCUT2D eigenvalue weighted by Gasteiger charge is 2.25. The number of carbonyl (C=O) groups is 1. The van der Waals surface area contributed by atoms with Gasteiger partial charge in [0.05, 0.1) is 25.4 Å². The number of hydrogen-bond donors (Lipinski definition) is 1. The molecular weight excluding hydrogens is 258 g/mol. The van der Waals surface area contributed by atoms with E-state index in [1.54, 1.807) is 0 Å². The number of methoxy groups -OCH3 is 1. The first-order valence-corrected chi connectivity index (χ1v) is 7.65. The molecule has 0 saturated carbocycles. The third kappa shape index (κ3) is 6.20. The Morgan fingerprint density at radius 2 is 2.00 bits per heavy atom. The van der Waals surface area contributed by atoms with Crippen molar-refractivity contribution in [1.29, 1.82) is 0 Å². The molecule has 1 heterocycles. The summed E-state index contributed by atoms with van der Waals surface area (Å²) in [6.45, 7) is 7.60. The number of rotatable bonds is 8. The SMILES string of the molecule is CCCNC(CCOC1CC(C)OC(C)C1)C(=O)OC. The van der Waals surface area contributed by atoms with Gasteiger partial charge in [0.2, 0.25) is 0 Å². The highest BCUT2D eigenvalue weighted by molar-refractivity contribution is 5.75. The Kier molecular flexibility index (Phi) is 8.11. The van der Waals surface area contributed by atoms with Gasteiger partial charge in [-0.2, -0.15) is 0 Å². The molecule has 0 aromatic rings. The lowest BCUT2D eigenvalue weighted by atomic mass is 10.0. The van der Waals surface area contributed by atoms with E-state index in [4.69, 9.17) is 14.2 Å². The van der Waals surface area contributed by atoms with Crippen LogP contribution in [0.25, 0.3) is 0 Å². The number of nitrogens with one attached hydrogen (secondary N) is 1. The van der Waals surface area contributed by atoms with Crippen molar-refractivity contribution in [3.63, 3.8) is 0 Å². The zero-order chi connectivity index (χ0) is 15.0. The maximum Gasteiger partial charge on any atom is 0.322 e. The minimum Gasteiger partial charge on any atom is -0.468 e. The fourth-order valence-electron chi connectivity index (χ4n) is 2.60. The fraction of sp³-hybridized carbons (Fsp3) is 0.933. The third-order valence-electron chi connectivity index (χ3n) is 3.54. The molecule has 1 saturated heterocycles. The summed E-state index contributed by atoms with van der Waals surface area (Å²) in [5.41, 5.74) is 0. The molecule has 3 unspecified atom stereocenters. The summed E-state index contributed by atoms with van der Waals surface area (Å²) < 4.78 is 16.4. The van der Waals surface area contributed by atoms with Crippen LogP contribution in [0.1, 0.15) is 46.5 Å². The molecule has 3 atom stereocenters. The van der Waals surface area contributed by atoms with Gasteiger partial charge in [0, 0.05) is 6.61 Å². The van der Waals surface area contributed by atoms with Gasteiger partial charge in [-0.15, -0.1) is 0 Å². The highest BCUT2D eigenvalue weighted by Crippen LogP contribution is 2.21. The van der Waals surface area contributed by atoms with E-state index >= 15 is 0 Å². The molecule has 1 aliphatic rings. The van der Waals surface area contributed by atoms with Gasteiger partial charge in [0.1, 0.15) is 6.04 Å². The predicted molar refractivity (Wildman–Crippen MR) is 77.7 cm³/mol. The average molecular weight is 287 g/mol. The lowest BCUT2D eigenvalue weighted by Gasteiger charge is -2.32. The first-order chi connectivity index (χ1) is 9.56. The molecule has 1 rings (SSSR count). The Morgan fingerprint density at radius 1 is 1.35 bits per heavy atom. The van der Waals surface area contributed by atoms with E-state index in [0.717, 1.165) is 25.8 Å². The van der Waals surface area contributed by atoms with Crippen molar-refractivity contribution in [2.45, 2.75) is 70.8 Å². The van der Waals surface area contributed by atoms with E-state index in [-0.39, 0.29) is 30.3 Å². The standard InChI is InChI=1S/C15H29NO4/c1-5-7-16-14(15(17)18-4)6-8-19-13-9-11(2)20-12(3)10-13/h11-14,16H,5-10H2,1-4H3. The quantitative estimate of drug-likeness (QED) is 0.691. The summed E-state index contributed by atoms with van der Waals surface area (Å²) in [4.78, 5) is 11.6. The van der Waals surface area contributed by atoms with Crippen molar-refractivity contribution in [3.05, 3.63) is 0 Å². The van der Waals surface area contributed by atoms with Gasteiger partial charge >= 0.3 is 5.97 Å². The Morgan fingerprint density at radius 3 is 2.55 bits per heavy atom. The third-order valence-corrected chi connectivity index (χ3v) is 3.54. The molecule has 5 nitrogen and oxygen atoms in total. The zero-order valence-electron chi connectivity index (χ0n) is 13.2. The molecule has 20 heavy (non-hydrogen) atoms. The minimum atomic E-state index is -0.269. The highest BCUT2D eigenvalue weighted by atomic mass is 16.5. The average Bonchev–Trinajstić information content (AvgIpc) is 2.40. The topological polar surface area (TPSA) is 56.8 Å². The molecule has 0 amide bonds. The smallest absolute Gasteiger partial charge is 0.322 e. The van der Waals surface area contributed by atoms with Crippen LogP contribution in [0.15, 0.2) is 0 Å². The maximum atomic E-state index is 11.6. The van der Waals surface area contributed by atoms with E-state index in [2.05, 4.69) is 26.1 Å². The van der Waals surface area contributed by atoms with Crippen LogP contribution in [0.2, 0.25) is 0 Å². The van der Waals surface area contributed by atoms with Crippen LogP contribution in [-0.4, -0.2) is 50.6 Å².